The molecule has 0 bridgehead atoms. The van der Waals surface area contributed by atoms with Gasteiger partial charge in [0.25, 0.3) is 0 Å². The lowest BCUT2D eigenvalue weighted by Gasteiger charge is -1.98. The highest BCUT2D eigenvalue weighted by atomic mass is 79.9. The van der Waals surface area contributed by atoms with E-state index in [-0.39, 0.29) is 0 Å². The first-order valence-electron chi connectivity index (χ1n) is 6.59. The van der Waals surface area contributed by atoms with Gasteiger partial charge in [0.1, 0.15) is 5.01 Å². The highest BCUT2D eigenvalue weighted by Crippen LogP contribution is 2.34. The van der Waals surface area contributed by atoms with Crippen molar-refractivity contribution >= 4 is 27.3 Å². The van der Waals surface area contributed by atoms with Gasteiger partial charge in [-0.1, -0.05) is 65.3 Å². The second kappa shape index (κ2) is 5.90. The predicted molar refractivity (Wildman–Crippen MR) is 90.1 cm³/mol. The van der Waals surface area contributed by atoms with Crippen LogP contribution in [0.25, 0.3) is 21.8 Å². The third-order valence-corrected chi connectivity index (χ3v) is 4.93. The Morgan fingerprint density at radius 3 is 2.30 bits per heavy atom. The van der Waals surface area contributed by atoms with Crippen molar-refractivity contribution in [1.29, 1.82) is 0 Å². The monoisotopic (exact) mass is 343 g/mol. The highest BCUT2D eigenvalue weighted by Gasteiger charge is 2.12. The van der Waals surface area contributed by atoms with E-state index in [1.54, 1.807) is 11.3 Å². The molecule has 0 radical (unpaired) electrons. The predicted octanol–water partition coefficient (Wildman–Crippen LogP) is 5.80. The summed E-state index contributed by atoms with van der Waals surface area (Å²) in [5, 5.41) is 1.09. The van der Waals surface area contributed by atoms with E-state index in [0.717, 1.165) is 21.6 Å². The molecule has 3 heteroatoms. The lowest BCUT2D eigenvalue weighted by molar-refractivity contribution is 1.17. The van der Waals surface area contributed by atoms with Crippen LogP contribution in [0.5, 0.6) is 0 Å². The minimum Gasteiger partial charge on any atom is -0.236 e. The zero-order valence-electron chi connectivity index (χ0n) is 11.1. The normalized spacial score (nSPS) is 10.7. The van der Waals surface area contributed by atoms with Crippen molar-refractivity contribution in [1.82, 2.24) is 4.98 Å². The van der Waals surface area contributed by atoms with E-state index in [4.69, 9.17) is 4.98 Å². The van der Waals surface area contributed by atoms with E-state index in [9.17, 15) is 0 Å². The Hall–Kier alpha value is -1.45. The summed E-state index contributed by atoms with van der Waals surface area (Å²) in [5.74, 6) is 0. The van der Waals surface area contributed by atoms with Crippen molar-refractivity contribution in [3.8, 4) is 21.8 Å². The molecule has 0 amide bonds. The maximum absolute atomic E-state index is 4.85. The quantitative estimate of drug-likeness (QED) is 0.585. The van der Waals surface area contributed by atoms with Crippen LogP contribution in [0, 0.1) is 0 Å². The van der Waals surface area contributed by atoms with Gasteiger partial charge in [-0.2, -0.15) is 0 Å². The molecule has 0 aliphatic rings. The smallest absolute Gasteiger partial charge is 0.124 e. The Morgan fingerprint density at radius 1 is 0.950 bits per heavy atom. The molecule has 0 spiro atoms. The fraction of sp³-hybridized carbons (Fsp3) is 0.118. The summed E-state index contributed by atoms with van der Waals surface area (Å²) >= 11 is 5.26. The van der Waals surface area contributed by atoms with Gasteiger partial charge < -0.3 is 0 Å². The number of hydrogen-bond acceptors (Lipinski definition) is 2. The minimum absolute atomic E-state index is 1.01. The zero-order chi connectivity index (χ0) is 13.9. The average molecular weight is 344 g/mol. The summed E-state index contributed by atoms with van der Waals surface area (Å²) < 4.78 is 1.09. The molecule has 0 aliphatic heterocycles. The summed E-state index contributed by atoms with van der Waals surface area (Å²) in [4.78, 5) is 6.20. The van der Waals surface area contributed by atoms with Crippen LogP contribution >= 0.6 is 27.3 Å². The lowest BCUT2D eigenvalue weighted by Crippen LogP contribution is -1.83. The number of nitrogens with zero attached hydrogens (tertiary/aromatic N) is 1. The SMILES string of the molecule is CCc1sc(-c2ccc(Br)cc2)nc1-c1ccccc1. The van der Waals surface area contributed by atoms with Crippen molar-refractivity contribution in [2.75, 3.05) is 0 Å². The highest BCUT2D eigenvalue weighted by molar-refractivity contribution is 9.10. The lowest BCUT2D eigenvalue weighted by atomic mass is 10.1. The third kappa shape index (κ3) is 2.69. The number of thiazole rings is 1. The molecule has 0 aliphatic carbocycles. The Morgan fingerprint density at radius 2 is 1.65 bits per heavy atom. The summed E-state index contributed by atoms with van der Waals surface area (Å²) in [5.41, 5.74) is 3.50. The van der Waals surface area contributed by atoms with Gasteiger partial charge in [-0.05, 0) is 18.6 Å². The van der Waals surface area contributed by atoms with Gasteiger partial charge in [-0.15, -0.1) is 11.3 Å². The van der Waals surface area contributed by atoms with Gasteiger partial charge in [0, 0.05) is 20.5 Å². The standard InChI is InChI=1S/C17H14BrNS/c1-2-15-16(12-6-4-3-5-7-12)19-17(20-15)13-8-10-14(18)11-9-13/h3-11H,2H2,1H3. The van der Waals surface area contributed by atoms with Gasteiger partial charge in [0.05, 0.1) is 5.69 Å². The molecule has 0 N–H and O–H groups in total. The molecular weight excluding hydrogens is 330 g/mol. The molecule has 3 rings (SSSR count). The maximum atomic E-state index is 4.85. The molecule has 0 saturated carbocycles. The number of aryl methyl sites for hydroxylation is 1. The molecule has 0 unspecified atom stereocenters. The van der Waals surface area contributed by atoms with Crippen LogP contribution in [0.1, 0.15) is 11.8 Å². The number of rotatable bonds is 3. The van der Waals surface area contributed by atoms with Crippen LogP contribution in [0.15, 0.2) is 59.1 Å². The first-order valence-corrected chi connectivity index (χ1v) is 8.20. The van der Waals surface area contributed by atoms with E-state index in [0.29, 0.717) is 0 Å². The van der Waals surface area contributed by atoms with E-state index in [2.05, 4.69) is 71.4 Å². The van der Waals surface area contributed by atoms with E-state index in [1.807, 2.05) is 6.07 Å². The molecular formula is C17H14BrNS. The van der Waals surface area contributed by atoms with Crippen LogP contribution < -0.4 is 0 Å². The molecule has 1 heterocycles. The van der Waals surface area contributed by atoms with Gasteiger partial charge in [-0.25, -0.2) is 4.98 Å². The number of hydrogen-bond donors (Lipinski definition) is 0. The molecule has 2 aromatic carbocycles. The number of halogens is 1. The average Bonchev–Trinajstić information content (AvgIpc) is 2.93. The van der Waals surface area contributed by atoms with Crippen molar-refractivity contribution in [3.05, 3.63) is 63.9 Å². The van der Waals surface area contributed by atoms with Crippen molar-refractivity contribution < 1.29 is 0 Å². The first kappa shape index (κ1) is 13.5. The fourth-order valence-corrected chi connectivity index (χ4v) is 3.42. The number of benzene rings is 2. The largest absolute Gasteiger partial charge is 0.236 e. The second-order valence-corrected chi connectivity index (χ2v) is 6.52. The maximum Gasteiger partial charge on any atom is 0.124 e. The van der Waals surface area contributed by atoms with Gasteiger partial charge >= 0.3 is 0 Å². The Labute approximate surface area is 131 Å². The Balaban J connectivity index is 2.07. The summed E-state index contributed by atoms with van der Waals surface area (Å²) in [7, 11) is 0. The molecule has 100 valence electrons. The molecule has 1 nitrogen and oxygen atoms in total. The Kier molecular flexibility index (Phi) is 3.99. The Bertz CT molecular complexity index is 702. The summed E-state index contributed by atoms with van der Waals surface area (Å²) in [6.45, 7) is 2.19. The van der Waals surface area contributed by atoms with E-state index < -0.39 is 0 Å². The molecule has 0 saturated heterocycles. The minimum atomic E-state index is 1.01. The number of aromatic nitrogens is 1. The first-order chi connectivity index (χ1) is 9.78. The summed E-state index contributed by atoms with van der Waals surface area (Å²) in [6.07, 6.45) is 1.01. The zero-order valence-corrected chi connectivity index (χ0v) is 13.5. The molecule has 0 fully saturated rings. The van der Waals surface area contributed by atoms with Crippen LogP contribution in [0.3, 0.4) is 0 Å². The topological polar surface area (TPSA) is 12.9 Å². The van der Waals surface area contributed by atoms with Gasteiger partial charge in [-0.3, -0.25) is 0 Å². The van der Waals surface area contributed by atoms with Crippen molar-refractivity contribution in [2.45, 2.75) is 13.3 Å². The fourth-order valence-electron chi connectivity index (χ4n) is 2.13. The van der Waals surface area contributed by atoms with Crippen LogP contribution in [0.4, 0.5) is 0 Å². The van der Waals surface area contributed by atoms with Gasteiger partial charge in [0.15, 0.2) is 0 Å². The third-order valence-electron chi connectivity index (χ3n) is 3.16. The molecule has 0 atom stereocenters. The van der Waals surface area contributed by atoms with Gasteiger partial charge in [0.2, 0.25) is 0 Å². The summed E-state index contributed by atoms with van der Waals surface area (Å²) in [6, 6.07) is 18.8. The van der Waals surface area contributed by atoms with Crippen LogP contribution in [-0.4, -0.2) is 4.98 Å². The molecule has 3 aromatic rings. The van der Waals surface area contributed by atoms with Crippen molar-refractivity contribution in [2.24, 2.45) is 0 Å². The van der Waals surface area contributed by atoms with E-state index in [1.165, 1.54) is 16.0 Å². The second-order valence-electron chi connectivity index (χ2n) is 4.52. The molecule has 1 aromatic heterocycles. The molecule has 20 heavy (non-hydrogen) atoms. The van der Waals surface area contributed by atoms with Crippen LogP contribution in [-0.2, 0) is 6.42 Å². The van der Waals surface area contributed by atoms with E-state index >= 15 is 0 Å². The van der Waals surface area contributed by atoms with Crippen molar-refractivity contribution in [3.63, 3.8) is 0 Å². The van der Waals surface area contributed by atoms with Crippen LogP contribution in [0.2, 0.25) is 0 Å².